The first-order valence-electron chi connectivity index (χ1n) is 6.83. The Balaban J connectivity index is 0.00000200. The van der Waals surface area contributed by atoms with Gasteiger partial charge in [-0.25, -0.2) is 4.39 Å². The molecule has 3 nitrogen and oxygen atoms in total. The number of hydrogen-bond donors (Lipinski definition) is 1. The van der Waals surface area contributed by atoms with Crippen LogP contribution in [0.4, 0.5) is 4.39 Å². The standard InChI is InChI=1S/C15H21FN2O.ClH/c1-10-6-7-12(9-13(10)16)15(19)18-8-4-3-5-14(18)11(2)17;/h6-7,9,11,14H,3-5,8,17H2,1-2H3;1H. The molecule has 1 saturated heterocycles. The van der Waals surface area contributed by atoms with Crippen LogP contribution in [0.25, 0.3) is 0 Å². The number of aryl methyl sites for hydroxylation is 1. The molecule has 2 rings (SSSR count). The maximum Gasteiger partial charge on any atom is 0.254 e. The molecule has 0 saturated carbocycles. The van der Waals surface area contributed by atoms with E-state index in [-0.39, 0.29) is 36.2 Å². The smallest absolute Gasteiger partial charge is 0.254 e. The average Bonchev–Trinajstić information content (AvgIpc) is 2.41. The minimum absolute atomic E-state index is 0. The Morgan fingerprint density at radius 2 is 2.15 bits per heavy atom. The number of benzene rings is 1. The van der Waals surface area contributed by atoms with Crippen molar-refractivity contribution in [2.24, 2.45) is 5.73 Å². The summed E-state index contributed by atoms with van der Waals surface area (Å²) in [4.78, 5) is 14.3. The predicted octanol–water partition coefficient (Wildman–Crippen LogP) is 2.90. The molecule has 1 aliphatic rings. The van der Waals surface area contributed by atoms with Gasteiger partial charge in [-0.15, -0.1) is 12.4 Å². The van der Waals surface area contributed by atoms with E-state index in [1.54, 1.807) is 24.0 Å². The van der Waals surface area contributed by atoms with Crippen molar-refractivity contribution >= 4 is 18.3 Å². The van der Waals surface area contributed by atoms with Crippen molar-refractivity contribution < 1.29 is 9.18 Å². The van der Waals surface area contributed by atoms with Gasteiger partial charge in [0.05, 0.1) is 0 Å². The molecule has 2 atom stereocenters. The summed E-state index contributed by atoms with van der Waals surface area (Å²) < 4.78 is 13.6. The number of halogens is 2. The van der Waals surface area contributed by atoms with Crippen LogP contribution >= 0.6 is 12.4 Å². The van der Waals surface area contributed by atoms with Crippen molar-refractivity contribution in [3.8, 4) is 0 Å². The van der Waals surface area contributed by atoms with Crippen LogP contribution in [0.5, 0.6) is 0 Å². The van der Waals surface area contributed by atoms with Gasteiger partial charge in [0.2, 0.25) is 0 Å². The second-order valence-corrected chi connectivity index (χ2v) is 5.38. The van der Waals surface area contributed by atoms with Gasteiger partial charge in [0.25, 0.3) is 5.91 Å². The Hall–Kier alpha value is -1.13. The number of carbonyl (C=O) groups excluding carboxylic acids is 1. The lowest BCUT2D eigenvalue weighted by Crippen LogP contribution is -2.51. The number of rotatable bonds is 2. The average molecular weight is 301 g/mol. The first-order chi connectivity index (χ1) is 9.00. The topological polar surface area (TPSA) is 46.3 Å². The number of amides is 1. The van der Waals surface area contributed by atoms with Crippen molar-refractivity contribution in [2.75, 3.05) is 6.54 Å². The third kappa shape index (κ3) is 3.49. The number of nitrogens with zero attached hydrogens (tertiary/aromatic N) is 1. The van der Waals surface area contributed by atoms with Crippen molar-refractivity contribution in [3.05, 3.63) is 35.1 Å². The van der Waals surface area contributed by atoms with E-state index in [4.69, 9.17) is 5.73 Å². The zero-order valence-corrected chi connectivity index (χ0v) is 12.8. The Kier molecular flexibility index (Phi) is 5.96. The minimum Gasteiger partial charge on any atom is -0.334 e. The second-order valence-electron chi connectivity index (χ2n) is 5.38. The molecule has 1 amide bonds. The van der Waals surface area contributed by atoms with Crippen LogP contribution in [0, 0.1) is 12.7 Å². The molecular formula is C15H22ClFN2O. The molecule has 0 radical (unpaired) electrons. The van der Waals surface area contributed by atoms with E-state index in [0.717, 1.165) is 19.3 Å². The number of piperidine rings is 1. The first kappa shape index (κ1) is 16.9. The molecule has 20 heavy (non-hydrogen) atoms. The van der Waals surface area contributed by atoms with Gasteiger partial charge in [-0.1, -0.05) is 6.07 Å². The fraction of sp³-hybridized carbons (Fsp3) is 0.533. The Morgan fingerprint density at radius 1 is 1.45 bits per heavy atom. The summed E-state index contributed by atoms with van der Waals surface area (Å²) in [7, 11) is 0. The van der Waals surface area contributed by atoms with E-state index in [1.807, 2.05) is 6.92 Å². The monoisotopic (exact) mass is 300 g/mol. The van der Waals surface area contributed by atoms with E-state index >= 15 is 0 Å². The molecule has 2 unspecified atom stereocenters. The normalized spacial score (nSPS) is 20.2. The zero-order chi connectivity index (χ0) is 14.0. The fourth-order valence-electron chi connectivity index (χ4n) is 2.65. The first-order valence-corrected chi connectivity index (χ1v) is 6.83. The lowest BCUT2D eigenvalue weighted by Gasteiger charge is -2.38. The van der Waals surface area contributed by atoms with Gasteiger partial charge < -0.3 is 10.6 Å². The summed E-state index contributed by atoms with van der Waals surface area (Å²) in [6.07, 6.45) is 3.01. The van der Waals surface area contributed by atoms with Crippen molar-refractivity contribution in [1.29, 1.82) is 0 Å². The molecule has 0 bridgehead atoms. The number of hydrogen-bond acceptors (Lipinski definition) is 2. The van der Waals surface area contributed by atoms with Crippen LogP contribution < -0.4 is 5.73 Å². The third-order valence-corrected chi connectivity index (χ3v) is 3.84. The molecule has 1 aromatic rings. The van der Waals surface area contributed by atoms with Crippen molar-refractivity contribution in [1.82, 2.24) is 4.90 Å². The van der Waals surface area contributed by atoms with Crippen LogP contribution in [0.15, 0.2) is 18.2 Å². The molecule has 1 heterocycles. The second kappa shape index (κ2) is 7.04. The van der Waals surface area contributed by atoms with E-state index < -0.39 is 0 Å². The largest absolute Gasteiger partial charge is 0.334 e. The molecule has 2 N–H and O–H groups in total. The van der Waals surface area contributed by atoms with Gasteiger partial charge in [0.15, 0.2) is 0 Å². The number of nitrogens with two attached hydrogens (primary N) is 1. The summed E-state index contributed by atoms with van der Waals surface area (Å²) in [6, 6.07) is 4.66. The third-order valence-electron chi connectivity index (χ3n) is 3.84. The summed E-state index contributed by atoms with van der Waals surface area (Å²) >= 11 is 0. The molecule has 0 spiro atoms. The molecule has 1 aromatic carbocycles. The highest BCUT2D eigenvalue weighted by molar-refractivity contribution is 5.94. The van der Waals surface area contributed by atoms with Crippen molar-refractivity contribution in [2.45, 2.75) is 45.2 Å². The highest BCUT2D eigenvalue weighted by Gasteiger charge is 2.29. The Labute approximate surface area is 125 Å². The maximum absolute atomic E-state index is 13.6. The van der Waals surface area contributed by atoms with Crippen molar-refractivity contribution in [3.63, 3.8) is 0 Å². The molecule has 0 aliphatic carbocycles. The van der Waals surface area contributed by atoms with Gasteiger partial charge in [0.1, 0.15) is 5.82 Å². The predicted molar refractivity (Wildman–Crippen MR) is 80.7 cm³/mol. The minimum atomic E-state index is -0.333. The van der Waals surface area contributed by atoms with Gasteiger partial charge in [0, 0.05) is 24.2 Å². The summed E-state index contributed by atoms with van der Waals surface area (Å²) in [5, 5.41) is 0. The van der Waals surface area contributed by atoms with Gasteiger partial charge >= 0.3 is 0 Å². The molecular weight excluding hydrogens is 279 g/mol. The summed E-state index contributed by atoms with van der Waals surface area (Å²) in [6.45, 7) is 4.32. The number of likely N-dealkylation sites (tertiary alicyclic amines) is 1. The van der Waals surface area contributed by atoms with Gasteiger partial charge in [-0.3, -0.25) is 4.79 Å². The maximum atomic E-state index is 13.6. The lowest BCUT2D eigenvalue weighted by atomic mass is 9.96. The SMILES string of the molecule is Cc1ccc(C(=O)N2CCCCC2C(C)N)cc1F.Cl. The highest BCUT2D eigenvalue weighted by Crippen LogP contribution is 2.22. The van der Waals surface area contributed by atoms with Crippen LogP contribution in [-0.2, 0) is 0 Å². The Morgan fingerprint density at radius 3 is 2.75 bits per heavy atom. The van der Waals surface area contributed by atoms with Gasteiger partial charge in [-0.05, 0) is 50.8 Å². The van der Waals surface area contributed by atoms with Crippen LogP contribution in [0.3, 0.4) is 0 Å². The van der Waals surface area contributed by atoms with E-state index in [0.29, 0.717) is 17.7 Å². The fourth-order valence-corrected chi connectivity index (χ4v) is 2.65. The summed E-state index contributed by atoms with van der Waals surface area (Å²) in [5.41, 5.74) is 6.93. The molecule has 1 aliphatic heterocycles. The molecule has 5 heteroatoms. The molecule has 112 valence electrons. The Bertz CT molecular complexity index is 479. The molecule has 1 fully saturated rings. The van der Waals surface area contributed by atoms with Crippen LogP contribution in [0.1, 0.15) is 42.1 Å². The van der Waals surface area contributed by atoms with Crippen LogP contribution in [0.2, 0.25) is 0 Å². The van der Waals surface area contributed by atoms with Gasteiger partial charge in [-0.2, -0.15) is 0 Å². The quantitative estimate of drug-likeness (QED) is 0.913. The lowest BCUT2D eigenvalue weighted by molar-refractivity contribution is 0.0583. The van der Waals surface area contributed by atoms with Crippen LogP contribution in [-0.4, -0.2) is 29.4 Å². The van der Waals surface area contributed by atoms with E-state index in [9.17, 15) is 9.18 Å². The highest BCUT2D eigenvalue weighted by atomic mass is 35.5. The molecule has 0 aromatic heterocycles. The van der Waals surface area contributed by atoms with E-state index in [1.165, 1.54) is 6.07 Å². The number of carbonyl (C=O) groups is 1. The zero-order valence-electron chi connectivity index (χ0n) is 11.9. The summed E-state index contributed by atoms with van der Waals surface area (Å²) in [5.74, 6) is -0.443. The van der Waals surface area contributed by atoms with E-state index in [2.05, 4.69) is 0 Å².